The summed E-state index contributed by atoms with van der Waals surface area (Å²) in [5.74, 6) is -1.30. The van der Waals surface area contributed by atoms with Crippen LogP contribution in [0.3, 0.4) is 0 Å². The molecule has 2 amide bonds. The van der Waals surface area contributed by atoms with Gasteiger partial charge in [0.05, 0.1) is 12.1 Å². The van der Waals surface area contributed by atoms with Gasteiger partial charge in [-0.2, -0.15) is 0 Å². The van der Waals surface area contributed by atoms with Gasteiger partial charge in [0.15, 0.2) is 0 Å². The molecule has 106 valence electrons. The lowest BCUT2D eigenvalue weighted by molar-refractivity contribution is -0.158. The highest BCUT2D eigenvalue weighted by molar-refractivity contribution is 5.98. The average Bonchev–Trinajstić information content (AvgIpc) is 2.42. The van der Waals surface area contributed by atoms with Crippen LogP contribution in [0.1, 0.15) is 10.4 Å². The van der Waals surface area contributed by atoms with Gasteiger partial charge in [-0.3, -0.25) is 14.5 Å². The van der Waals surface area contributed by atoms with E-state index in [1.807, 2.05) is 0 Å². The first-order valence-electron chi connectivity index (χ1n) is 5.95. The first-order chi connectivity index (χ1) is 9.58. The highest BCUT2D eigenvalue weighted by Crippen LogP contribution is 2.12. The number of carbonyl (C=O) groups excluding carboxylic acids is 2. The largest absolute Gasteiger partial charge is 0.492 e. The zero-order valence-corrected chi connectivity index (χ0v) is 10.6. The fourth-order valence-corrected chi connectivity index (χ4v) is 1.72. The van der Waals surface area contributed by atoms with E-state index < -0.39 is 5.97 Å². The third-order valence-electron chi connectivity index (χ3n) is 2.74. The Bertz CT molecular complexity index is 508. The lowest BCUT2D eigenvalue weighted by Crippen LogP contribution is -2.47. The van der Waals surface area contributed by atoms with Crippen LogP contribution in [0.4, 0.5) is 0 Å². The van der Waals surface area contributed by atoms with Crippen LogP contribution in [0.2, 0.25) is 0 Å². The minimum absolute atomic E-state index is 0.0982. The summed E-state index contributed by atoms with van der Waals surface area (Å²) in [7, 11) is 0. The van der Waals surface area contributed by atoms with E-state index in [0.717, 1.165) is 4.90 Å². The fraction of sp³-hybridized carbons (Fsp3) is 0.308. The molecule has 0 atom stereocenters. The molecule has 20 heavy (non-hydrogen) atoms. The van der Waals surface area contributed by atoms with Gasteiger partial charge >= 0.3 is 5.97 Å². The Kier molecular flexibility index (Phi) is 4.31. The van der Waals surface area contributed by atoms with Crippen LogP contribution in [0.5, 0.6) is 5.75 Å². The van der Waals surface area contributed by atoms with Gasteiger partial charge in [-0.15, -0.1) is 0 Å². The third kappa shape index (κ3) is 3.33. The van der Waals surface area contributed by atoms with Gasteiger partial charge in [0.2, 0.25) is 0 Å². The lowest BCUT2D eigenvalue weighted by atomic mass is 10.2. The molecule has 0 spiro atoms. The maximum atomic E-state index is 11.4. The summed E-state index contributed by atoms with van der Waals surface area (Å²) in [6.45, 7) is 0.0870. The molecule has 0 bridgehead atoms. The number of amides is 2. The van der Waals surface area contributed by atoms with Gasteiger partial charge in [-0.05, 0) is 24.3 Å². The molecule has 1 aliphatic rings. The number of ether oxygens (including phenoxy) is 2. The Hall–Kier alpha value is -2.41. The molecule has 1 saturated heterocycles. The molecule has 0 aromatic heterocycles. The summed E-state index contributed by atoms with van der Waals surface area (Å²) in [5.41, 5.74) is 0.163. The number of nitrogens with zero attached hydrogens (tertiary/aromatic N) is 1. The van der Waals surface area contributed by atoms with E-state index in [-0.39, 0.29) is 43.7 Å². The van der Waals surface area contributed by atoms with Gasteiger partial charge in [-0.25, -0.2) is 4.79 Å². The molecule has 7 heteroatoms. The Morgan fingerprint density at radius 3 is 2.35 bits per heavy atom. The molecule has 1 fully saturated rings. The summed E-state index contributed by atoms with van der Waals surface area (Å²) in [4.78, 5) is 34.6. The van der Waals surface area contributed by atoms with Crippen LogP contribution in [0, 0.1) is 0 Å². The van der Waals surface area contributed by atoms with E-state index in [2.05, 4.69) is 0 Å². The quantitative estimate of drug-likeness (QED) is 0.771. The van der Waals surface area contributed by atoms with Crippen LogP contribution < -0.4 is 4.74 Å². The number of carbonyl (C=O) groups is 3. The standard InChI is InChI=1S/C13H13NO6/c15-11-7-19-8-12(16)14(11)5-6-20-10-3-1-9(2-4-10)13(17)18/h1-4H,5-8H2,(H,17,18). The van der Waals surface area contributed by atoms with Crippen molar-refractivity contribution in [3.05, 3.63) is 29.8 Å². The molecule has 1 aliphatic heterocycles. The van der Waals surface area contributed by atoms with Crippen molar-refractivity contribution in [3.8, 4) is 5.75 Å². The normalized spacial score (nSPS) is 15.3. The highest BCUT2D eigenvalue weighted by atomic mass is 16.5. The van der Waals surface area contributed by atoms with Gasteiger partial charge in [-0.1, -0.05) is 0 Å². The summed E-state index contributed by atoms with van der Waals surface area (Å²) in [5, 5.41) is 8.75. The zero-order valence-electron chi connectivity index (χ0n) is 10.6. The van der Waals surface area contributed by atoms with Crippen LogP contribution >= 0.6 is 0 Å². The Labute approximate surface area is 114 Å². The molecule has 1 aromatic carbocycles. The minimum atomic E-state index is -1.01. The SMILES string of the molecule is O=C(O)c1ccc(OCCN2C(=O)COCC2=O)cc1. The van der Waals surface area contributed by atoms with E-state index in [4.69, 9.17) is 14.6 Å². The zero-order chi connectivity index (χ0) is 14.5. The van der Waals surface area contributed by atoms with Crippen LogP contribution in [0.25, 0.3) is 0 Å². The maximum absolute atomic E-state index is 11.4. The van der Waals surface area contributed by atoms with Crippen molar-refractivity contribution in [1.29, 1.82) is 0 Å². The predicted molar refractivity (Wildman–Crippen MR) is 66.4 cm³/mol. The number of aromatic carboxylic acids is 1. The molecule has 1 heterocycles. The third-order valence-corrected chi connectivity index (χ3v) is 2.74. The minimum Gasteiger partial charge on any atom is -0.492 e. The van der Waals surface area contributed by atoms with Gasteiger partial charge < -0.3 is 14.6 Å². The van der Waals surface area contributed by atoms with Gasteiger partial charge in [0, 0.05) is 0 Å². The van der Waals surface area contributed by atoms with E-state index in [1.165, 1.54) is 24.3 Å². The summed E-state index contributed by atoms with van der Waals surface area (Å²) >= 11 is 0. The van der Waals surface area contributed by atoms with Crippen molar-refractivity contribution < 1.29 is 29.0 Å². The number of carboxylic acids is 1. The molecular weight excluding hydrogens is 266 g/mol. The monoisotopic (exact) mass is 279 g/mol. The second-order valence-corrected chi connectivity index (χ2v) is 4.11. The molecular formula is C13H13NO6. The Morgan fingerprint density at radius 1 is 1.20 bits per heavy atom. The van der Waals surface area contributed by atoms with Crippen molar-refractivity contribution in [2.45, 2.75) is 0 Å². The number of rotatable bonds is 5. The topological polar surface area (TPSA) is 93.1 Å². The van der Waals surface area contributed by atoms with Crippen LogP contribution in [-0.4, -0.2) is 54.2 Å². The van der Waals surface area contributed by atoms with Crippen molar-refractivity contribution in [1.82, 2.24) is 4.90 Å². The molecule has 0 radical (unpaired) electrons. The second-order valence-electron chi connectivity index (χ2n) is 4.11. The van der Waals surface area contributed by atoms with Crippen LogP contribution in [0.15, 0.2) is 24.3 Å². The number of carboxylic acid groups (broad SMARTS) is 1. The molecule has 2 rings (SSSR count). The van der Waals surface area contributed by atoms with Gasteiger partial charge in [0.1, 0.15) is 25.6 Å². The van der Waals surface area contributed by atoms with E-state index in [1.54, 1.807) is 0 Å². The maximum Gasteiger partial charge on any atom is 0.335 e. The highest BCUT2D eigenvalue weighted by Gasteiger charge is 2.26. The Balaban J connectivity index is 1.84. The fourth-order valence-electron chi connectivity index (χ4n) is 1.72. The summed E-state index contributed by atoms with van der Waals surface area (Å²) < 4.78 is 10.1. The van der Waals surface area contributed by atoms with Crippen molar-refractivity contribution in [3.63, 3.8) is 0 Å². The van der Waals surface area contributed by atoms with E-state index in [9.17, 15) is 14.4 Å². The number of imide groups is 1. The lowest BCUT2D eigenvalue weighted by Gasteiger charge is -2.24. The van der Waals surface area contributed by atoms with Crippen LogP contribution in [-0.2, 0) is 14.3 Å². The summed E-state index contributed by atoms with van der Waals surface area (Å²) in [6, 6.07) is 5.88. The van der Waals surface area contributed by atoms with E-state index >= 15 is 0 Å². The first kappa shape index (κ1) is 14.0. The van der Waals surface area contributed by atoms with Crippen molar-refractivity contribution in [2.75, 3.05) is 26.4 Å². The number of morpholine rings is 1. The van der Waals surface area contributed by atoms with E-state index in [0.29, 0.717) is 5.75 Å². The number of benzene rings is 1. The molecule has 1 N–H and O–H groups in total. The molecule has 7 nitrogen and oxygen atoms in total. The molecule has 1 aromatic rings. The first-order valence-corrected chi connectivity index (χ1v) is 5.95. The average molecular weight is 279 g/mol. The Morgan fingerprint density at radius 2 is 1.80 bits per heavy atom. The number of hydrogen-bond donors (Lipinski definition) is 1. The second kappa shape index (κ2) is 6.16. The molecule has 0 saturated carbocycles. The van der Waals surface area contributed by atoms with Crippen molar-refractivity contribution in [2.24, 2.45) is 0 Å². The number of hydrogen-bond acceptors (Lipinski definition) is 5. The predicted octanol–water partition coefficient (Wildman–Crippen LogP) is 0.149. The molecule has 0 unspecified atom stereocenters. The van der Waals surface area contributed by atoms with Crippen molar-refractivity contribution >= 4 is 17.8 Å². The smallest absolute Gasteiger partial charge is 0.335 e. The van der Waals surface area contributed by atoms with Gasteiger partial charge in [0.25, 0.3) is 11.8 Å². The summed E-state index contributed by atoms with van der Waals surface area (Å²) in [6.07, 6.45) is 0. The molecule has 0 aliphatic carbocycles.